The molecular weight excluding hydrogens is 362 g/mol. The van der Waals surface area contributed by atoms with Crippen LogP contribution in [0.4, 0.5) is 0 Å². The van der Waals surface area contributed by atoms with Gasteiger partial charge in [0.2, 0.25) is 5.91 Å². The molecule has 0 saturated heterocycles. The molecule has 0 aliphatic heterocycles. The first-order chi connectivity index (χ1) is 14.1. The Kier molecular flexibility index (Phi) is 7.28. The molecule has 0 unspecified atom stereocenters. The van der Waals surface area contributed by atoms with E-state index in [-0.39, 0.29) is 5.91 Å². The number of carbonyl (C=O) groups excluding carboxylic acids is 1. The van der Waals surface area contributed by atoms with Crippen LogP contribution in [0.15, 0.2) is 48.5 Å². The lowest BCUT2D eigenvalue weighted by atomic mass is 10.0. The van der Waals surface area contributed by atoms with Gasteiger partial charge >= 0.3 is 0 Å². The van der Waals surface area contributed by atoms with Crippen LogP contribution in [0, 0.1) is 0 Å². The fraction of sp³-hybridized carbons (Fsp3) is 0.417. The first kappa shape index (κ1) is 20.9. The van der Waals surface area contributed by atoms with Crippen LogP contribution in [0.25, 0.3) is 11.0 Å². The fourth-order valence-corrected chi connectivity index (χ4v) is 3.53. The molecule has 0 saturated carbocycles. The van der Waals surface area contributed by atoms with E-state index in [4.69, 9.17) is 9.72 Å². The molecule has 0 bridgehead atoms. The molecule has 5 heteroatoms. The highest BCUT2D eigenvalue weighted by Gasteiger charge is 2.12. The third kappa shape index (κ3) is 5.37. The van der Waals surface area contributed by atoms with Gasteiger partial charge in [-0.25, -0.2) is 4.98 Å². The average molecular weight is 394 g/mol. The van der Waals surface area contributed by atoms with Crippen molar-refractivity contribution in [2.75, 3.05) is 13.2 Å². The molecule has 0 radical (unpaired) electrons. The predicted molar refractivity (Wildman–Crippen MR) is 117 cm³/mol. The number of nitrogens with zero attached hydrogens (tertiary/aromatic N) is 2. The first-order valence-electron chi connectivity index (χ1n) is 10.5. The van der Waals surface area contributed by atoms with Crippen LogP contribution >= 0.6 is 0 Å². The molecule has 0 spiro atoms. The molecule has 0 aliphatic rings. The highest BCUT2D eigenvalue weighted by molar-refractivity contribution is 5.76. The smallest absolute Gasteiger partial charge is 0.219 e. The van der Waals surface area contributed by atoms with Crippen molar-refractivity contribution in [2.45, 2.75) is 52.5 Å². The number of imidazole rings is 1. The minimum absolute atomic E-state index is 0.101. The number of benzene rings is 2. The number of carbonyl (C=O) groups is 1. The van der Waals surface area contributed by atoms with E-state index in [1.807, 2.05) is 37.3 Å². The molecule has 0 atom stereocenters. The lowest BCUT2D eigenvalue weighted by molar-refractivity contribution is -0.121. The predicted octanol–water partition coefficient (Wildman–Crippen LogP) is 4.70. The summed E-state index contributed by atoms with van der Waals surface area (Å²) in [6, 6.07) is 16.4. The van der Waals surface area contributed by atoms with Gasteiger partial charge < -0.3 is 14.6 Å². The molecule has 1 amide bonds. The van der Waals surface area contributed by atoms with Gasteiger partial charge in [-0.05, 0) is 36.1 Å². The van der Waals surface area contributed by atoms with Gasteiger partial charge in [-0.1, -0.05) is 51.1 Å². The van der Waals surface area contributed by atoms with E-state index in [0.29, 0.717) is 38.5 Å². The van der Waals surface area contributed by atoms with Crippen molar-refractivity contribution < 1.29 is 9.53 Å². The number of fused-ring (bicyclic) bond motifs is 1. The third-order valence-corrected chi connectivity index (χ3v) is 4.99. The summed E-state index contributed by atoms with van der Waals surface area (Å²) in [6.07, 6.45) is 2.13. The summed E-state index contributed by atoms with van der Waals surface area (Å²) in [5, 5.41) is 2.98. The van der Waals surface area contributed by atoms with Crippen LogP contribution < -0.4 is 10.1 Å². The van der Waals surface area contributed by atoms with Gasteiger partial charge in [-0.3, -0.25) is 4.79 Å². The number of amides is 1. The van der Waals surface area contributed by atoms with Crippen LogP contribution in [-0.4, -0.2) is 28.6 Å². The summed E-state index contributed by atoms with van der Waals surface area (Å²) in [5.41, 5.74) is 3.30. The second-order valence-corrected chi connectivity index (χ2v) is 7.56. The zero-order chi connectivity index (χ0) is 20.6. The van der Waals surface area contributed by atoms with E-state index in [1.54, 1.807) is 0 Å². The second-order valence-electron chi connectivity index (χ2n) is 7.56. The summed E-state index contributed by atoms with van der Waals surface area (Å²) < 4.78 is 8.34. The van der Waals surface area contributed by atoms with Crippen molar-refractivity contribution in [1.29, 1.82) is 0 Å². The number of aromatic nitrogens is 2. The highest BCUT2D eigenvalue weighted by Crippen LogP contribution is 2.26. The van der Waals surface area contributed by atoms with Crippen molar-refractivity contribution in [1.82, 2.24) is 14.9 Å². The number of hydrogen-bond donors (Lipinski definition) is 1. The van der Waals surface area contributed by atoms with Crippen molar-refractivity contribution in [3.63, 3.8) is 0 Å². The van der Waals surface area contributed by atoms with Gasteiger partial charge in [0, 0.05) is 19.4 Å². The highest BCUT2D eigenvalue weighted by atomic mass is 16.5. The molecular formula is C24H31N3O2. The monoisotopic (exact) mass is 393 g/mol. The minimum atomic E-state index is 0.101. The summed E-state index contributed by atoms with van der Waals surface area (Å²) >= 11 is 0. The standard InChI is InChI=1S/C24H31N3O2/c1-4-9-24(28)25-15-14-23-26-20-11-6-7-12-21(20)27(23)16-17-29-22-13-8-5-10-19(22)18(2)3/h5-8,10-13,18H,4,9,14-17H2,1-3H3,(H,25,28). The Hall–Kier alpha value is -2.82. The lowest BCUT2D eigenvalue weighted by Crippen LogP contribution is -2.26. The van der Waals surface area contributed by atoms with Crippen molar-refractivity contribution in [2.24, 2.45) is 0 Å². The maximum absolute atomic E-state index is 11.7. The Bertz CT molecular complexity index is 946. The van der Waals surface area contributed by atoms with Gasteiger partial charge in [0.15, 0.2) is 0 Å². The summed E-state index contributed by atoms with van der Waals surface area (Å²) in [7, 11) is 0. The molecule has 1 heterocycles. The zero-order valence-corrected chi connectivity index (χ0v) is 17.6. The Labute approximate surface area is 173 Å². The Morgan fingerprint density at radius 2 is 1.90 bits per heavy atom. The Morgan fingerprint density at radius 3 is 2.69 bits per heavy atom. The SMILES string of the molecule is CCCC(=O)NCCc1nc2ccccc2n1CCOc1ccccc1C(C)C. The van der Waals surface area contributed by atoms with E-state index >= 15 is 0 Å². The lowest BCUT2D eigenvalue weighted by Gasteiger charge is -2.15. The van der Waals surface area contributed by atoms with Gasteiger partial charge in [0.25, 0.3) is 0 Å². The van der Waals surface area contributed by atoms with Gasteiger partial charge in [-0.2, -0.15) is 0 Å². The minimum Gasteiger partial charge on any atom is -0.491 e. The van der Waals surface area contributed by atoms with Crippen molar-refractivity contribution >= 4 is 16.9 Å². The Balaban J connectivity index is 1.70. The number of ether oxygens (including phenoxy) is 1. The largest absolute Gasteiger partial charge is 0.491 e. The molecule has 3 aromatic rings. The fourth-order valence-electron chi connectivity index (χ4n) is 3.53. The number of rotatable bonds is 10. The molecule has 154 valence electrons. The van der Waals surface area contributed by atoms with Crippen LogP contribution in [0.1, 0.15) is 50.9 Å². The normalized spacial score (nSPS) is 11.2. The molecule has 3 rings (SSSR count). The maximum Gasteiger partial charge on any atom is 0.219 e. The number of nitrogens with one attached hydrogen (secondary N) is 1. The van der Waals surface area contributed by atoms with Gasteiger partial charge in [-0.15, -0.1) is 0 Å². The topological polar surface area (TPSA) is 56.2 Å². The summed E-state index contributed by atoms with van der Waals surface area (Å²) in [4.78, 5) is 16.5. The van der Waals surface area contributed by atoms with Gasteiger partial charge in [0.1, 0.15) is 18.2 Å². The van der Waals surface area contributed by atoms with E-state index in [9.17, 15) is 4.79 Å². The maximum atomic E-state index is 11.7. The van der Waals surface area contributed by atoms with Gasteiger partial charge in [0.05, 0.1) is 17.6 Å². The molecule has 0 fully saturated rings. The Morgan fingerprint density at radius 1 is 1.14 bits per heavy atom. The van der Waals surface area contributed by atoms with E-state index < -0.39 is 0 Å². The molecule has 29 heavy (non-hydrogen) atoms. The van der Waals surface area contributed by atoms with Crippen LogP contribution in [0.5, 0.6) is 5.75 Å². The first-order valence-corrected chi connectivity index (χ1v) is 10.5. The molecule has 1 N–H and O–H groups in total. The van der Waals surface area contributed by atoms with Crippen molar-refractivity contribution in [3.05, 3.63) is 59.9 Å². The van der Waals surface area contributed by atoms with E-state index in [1.165, 1.54) is 5.56 Å². The average Bonchev–Trinajstić information content (AvgIpc) is 3.06. The van der Waals surface area contributed by atoms with Crippen LogP contribution in [-0.2, 0) is 17.8 Å². The molecule has 2 aromatic carbocycles. The quantitative estimate of drug-likeness (QED) is 0.543. The zero-order valence-electron chi connectivity index (χ0n) is 17.6. The van der Waals surface area contributed by atoms with Crippen molar-refractivity contribution in [3.8, 4) is 5.75 Å². The molecule has 1 aromatic heterocycles. The second kappa shape index (κ2) is 10.1. The molecule has 0 aliphatic carbocycles. The van der Waals surface area contributed by atoms with E-state index in [2.05, 4.69) is 41.9 Å². The number of para-hydroxylation sites is 3. The van der Waals surface area contributed by atoms with E-state index in [0.717, 1.165) is 29.0 Å². The molecule has 5 nitrogen and oxygen atoms in total. The summed E-state index contributed by atoms with van der Waals surface area (Å²) in [5.74, 6) is 2.44. The van der Waals surface area contributed by atoms with Crippen LogP contribution in [0.3, 0.4) is 0 Å². The third-order valence-electron chi connectivity index (χ3n) is 4.99. The van der Waals surface area contributed by atoms with Crippen LogP contribution in [0.2, 0.25) is 0 Å². The summed E-state index contributed by atoms with van der Waals surface area (Å²) in [6.45, 7) is 8.24. The number of hydrogen-bond acceptors (Lipinski definition) is 3.